The Bertz CT molecular complexity index is 479. The van der Waals surface area contributed by atoms with Crippen LogP contribution in [-0.4, -0.2) is 66.2 Å². The fraction of sp³-hybridized carbons (Fsp3) is 0.833. The summed E-state index contributed by atoms with van der Waals surface area (Å²) in [5.74, 6) is -1.54. The van der Waals surface area contributed by atoms with Gasteiger partial charge in [-0.15, -0.1) is 0 Å². The number of carbonyl (C=O) groups excluding carboxylic acids is 1. The lowest BCUT2D eigenvalue weighted by Crippen LogP contribution is -2.54. The van der Waals surface area contributed by atoms with Crippen LogP contribution >= 0.6 is 0 Å². The van der Waals surface area contributed by atoms with Gasteiger partial charge in [0.1, 0.15) is 6.04 Å². The second kappa shape index (κ2) is 7.71. The average Bonchev–Trinajstić information content (AvgIpc) is 2.44. The van der Waals surface area contributed by atoms with Crippen LogP contribution < -0.4 is 5.32 Å². The summed E-state index contributed by atoms with van der Waals surface area (Å²) in [6, 6.07) is -1.05. The first-order valence-corrected chi connectivity index (χ1v) is 8.50. The van der Waals surface area contributed by atoms with Crippen LogP contribution in [0.25, 0.3) is 0 Å². The van der Waals surface area contributed by atoms with Crippen LogP contribution in [-0.2, 0) is 19.8 Å². The van der Waals surface area contributed by atoms with Gasteiger partial charge < -0.3 is 10.4 Å². The van der Waals surface area contributed by atoms with Crippen LogP contribution in [0.3, 0.4) is 0 Å². The minimum Gasteiger partial charge on any atom is -0.480 e. The average molecular weight is 321 g/mol. The summed E-state index contributed by atoms with van der Waals surface area (Å²) in [5, 5.41) is 11.7. The van der Waals surface area contributed by atoms with Crippen molar-refractivity contribution in [1.82, 2.24) is 13.9 Å². The zero-order valence-corrected chi connectivity index (χ0v) is 13.2. The highest BCUT2D eigenvalue weighted by Crippen LogP contribution is 2.22. The second-order valence-electron chi connectivity index (χ2n) is 4.85. The lowest BCUT2D eigenvalue weighted by Gasteiger charge is -2.35. The highest BCUT2D eigenvalue weighted by Gasteiger charge is 2.40. The summed E-state index contributed by atoms with van der Waals surface area (Å²) in [6.45, 7) is 3.77. The number of hydrogen-bond donors (Lipinski definition) is 2. The molecule has 21 heavy (non-hydrogen) atoms. The molecule has 1 amide bonds. The molecule has 2 N–H and O–H groups in total. The standard InChI is InChI=1S/C12H23N3O5S/c1-3-13-11(16)9-14(4-2)21(19,20)15-8-6-5-7-10(15)12(17)18/h10H,3-9H2,1-2H3,(H,13,16)(H,17,18). The summed E-state index contributed by atoms with van der Waals surface area (Å²) >= 11 is 0. The molecule has 1 rings (SSSR count). The lowest BCUT2D eigenvalue weighted by atomic mass is 10.1. The lowest BCUT2D eigenvalue weighted by molar-refractivity contribution is -0.142. The Labute approximate surface area is 125 Å². The number of nitrogens with one attached hydrogen (secondary N) is 1. The van der Waals surface area contributed by atoms with Gasteiger partial charge in [0.05, 0.1) is 6.54 Å². The summed E-state index contributed by atoms with van der Waals surface area (Å²) < 4.78 is 27.2. The van der Waals surface area contributed by atoms with E-state index in [2.05, 4.69) is 5.32 Å². The van der Waals surface area contributed by atoms with Gasteiger partial charge in [-0.1, -0.05) is 6.92 Å². The SMILES string of the molecule is CCNC(=O)CN(CC)S(=O)(=O)N1CCCCC1C(=O)O. The molecule has 0 bridgehead atoms. The van der Waals surface area contributed by atoms with Crippen molar-refractivity contribution >= 4 is 22.1 Å². The molecule has 122 valence electrons. The molecule has 0 radical (unpaired) electrons. The van der Waals surface area contributed by atoms with Crippen molar-refractivity contribution in [2.75, 3.05) is 26.2 Å². The number of nitrogens with zero attached hydrogens (tertiary/aromatic N) is 2. The Hall–Kier alpha value is -1.19. The molecule has 8 nitrogen and oxygen atoms in total. The minimum atomic E-state index is -3.96. The van der Waals surface area contributed by atoms with E-state index < -0.39 is 28.1 Å². The first-order valence-electron chi connectivity index (χ1n) is 7.11. The molecular weight excluding hydrogens is 298 g/mol. The van der Waals surface area contributed by atoms with E-state index in [-0.39, 0.29) is 19.6 Å². The molecule has 0 spiro atoms. The molecule has 0 aromatic heterocycles. The van der Waals surface area contributed by atoms with Gasteiger partial charge in [0.2, 0.25) is 5.91 Å². The molecule has 0 aliphatic carbocycles. The Morgan fingerprint density at radius 2 is 2.00 bits per heavy atom. The zero-order chi connectivity index (χ0) is 16.0. The first-order chi connectivity index (χ1) is 9.84. The van der Waals surface area contributed by atoms with E-state index >= 15 is 0 Å². The number of carboxylic acid groups (broad SMARTS) is 1. The van der Waals surface area contributed by atoms with E-state index in [1.807, 2.05) is 0 Å². The molecule has 0 aromatic carbocycles. The third kappa shape index (κ3) is 4.39. The zero-order valence-electron chi connectivity index (χ0n) is 12.4. The van der Waals surface area contributed by atoms with E-state index in [1.165, 1.54) is 0 Å². The first kappa shape index (κ1) is 17.9. The maximum Gasteiger partial charge on any atom is 0.322 e. The Kier molecular flexibility index (Phi) is 6.56. The van der Waals surface area contributed by atoms with Crippen molar-refractivity contribution in [3.05, 3.63) is 0 Å². The van der Waals surface area contributed by atoms with E-state index in [4.69, 9.17) is 0 Å². The van der Waals surface area contributed by atoms with Gasteiger partial charge in [0.15, 0.2) is 0 Å². The summed E-state index contributed by atoms with van der Waals surface area (Å²) in [7, 11) is -3.96. The van der Waals surface area contributed by atoms with Crippen molar-refractivity contribution in [1.29, 1.82) is 0 Å². The Morgan fingerprint density at radius 1 is 1.33 bits per heavy atom. The number of likely N-dealkylation sites (N-methyl/N-ethyl adjacent to an activating group) is 2. The molecule has 1 atom stereocenters. The van der Waals surface area contributed by atoms with Gasteiger partial charge in [0.25, 0.3) is 10.2 Å². The molecule has 9 heteroatoms. The minimum absolute atomic E-state index is 0.113. The fourth-order valence-corrected chi connectivity index (χ4v) is 4.13. The number of aliphatic carboxylic acids is 1. The van der Waals surface area contributed by atoms with Gasteiger partial charge >= 0.3 is 5.97 Å². The normalized spacial score (nSPS) is 20.4. The Morgan fingerprint density at radius 3 is 2.52 bits per heavy atom. The van der Waals surface area contributed by atoms with Crippen molar-refractivity contribution < 1.29 is 23.1 Å². The van der Waals surface area contributed by atoms with Crippen LogP contribution in [0.15, 0.2) is 0 Å². The predicted molar refractivity (Wildman–Crippen MR) is 76.8 cm³/mol. The van der Waals surface area contributed by atoms with Crippen molar-refractivity contribution in [3.8, 4) is 0 Å². The van der Waals surface area contributed by atoms with Crippen LogP contribution in [0, 0.1) is 0 Å². The summed E-state index contributed by atoms with van der Waals surface area (Å²) in [6.07, 6.45) is 1.61. The summed E-state index contributed by atoms with van der Waals surface area (Å²) in [5.41, 5.74) is 0. The highest BCUT2D eigenvalue weighted by molar-refractivity contribution is 7.86. The third-order valence-corrected chi connectivity index (χ3v) is 5.48. The third-order valence-electron chi connectivity index (χ3n) is 3.41. The summed E-state index contributed by atoms with van der Waals surface area (Å²) in [4.78, 5) is 22.8. The number of rotatable bonds is 7. The molecule has 1 fully saturated rings. The van der Waals surface area contributed by atoms with Crippen LogP contribution in [0.2, 0.25) is 0 Å². The van der Waals surface area contributed by atoms with Gasteiger partial charge in [-0.05, 0) is 26.2 Å². The van der Waals surface area contributed by atoms with Gasteiger partial charge in [-0.3, -0.25) is 9.59 Å². The number of carboxylic acids is 1. The van der Waals surface area contributed by atoms with Crippen LogP contribution in [0.5, 0.6) is 0 Å². The topological polar surface area (TPSA) is 107 Å². The van der Waals surface area contributed by atoms with E-state index in [0.717, 1.165) is 8.61 Å². The predicted octanol–water partition coefficient (Wildman–Crippen LogP) is -0.372. The highest BCUT2D eigenvalue weighted by atomic mass is 32.2. The molecule has 1 saturated heterocycles. The largest absolute Gasteiger partial charge is 0.480 e. The Balaban J connectivity index is 2.94. The van der Waals surface area contributed by atoms with Crippen molar-refractivity contribution in [3.63, 3.8) is 0 Å². The van der Waals surface area contributed by atoms with Crippen LogP contribution in [0.1, 0.15) is 33.1 Å². The van der Waals surface area contributed by atoms with E-state index in [1.54, 1.807) is 13.8 Å². The number of piperidine rings is 1. The molecule has 1 aliphatic rings. The van der Waals surface area contributed by atoms with Crippen LogP contribution in [0.4, 0.5) is 0 Å². The molecule has 1 unspecified atom stereocenters. The monoisotopic (exact) mass is 321 g/mol. The maximum absolute atomic E-state index is 12.6. The van der Waals surface area contributed by atoms with E-state index in [0.29, 0.717) is 25.8 Å². The van der Waals surface area contributed by atoms with Gasteiger partial charge in [0, 0.05) is 19.6 Å². The second-order valence-corrected chi connectivity index (χ2v) is 6.73. The van der Waals surface area contributed by atoms with Crippen molar-refractivity contribution in [2.45, 2.75) is 39.2 Å². The molecule has 1 aliphatic heterocycles. The smallest absolute Gasteiger partial charge is 0.322 e. The van der Waals surface area contributed by atoms with Gasteiger partial charge in [-0.2, -0.15) is 17.0 Å². The van der Waals surface area contributed by atoms with E-state index in [9.17, 15) is 23.1 Å². The molecular formula is C12H23N3O5S. The molecule has 1 heterocycles. The van der Waals surface area contributed by atoms with Crippen molar-refractivity contribution in [2.24, 2.45) is 0 Å². The molecule has 0 saturated carbocycles. The number of carbonyl (C=O) groups is 2. The quantitative estimate of drug-likeness (QED) is 0.665. The number of hydrogen-bond acceptors (Lipinski definition) is 4. The fourth-order valence-electron chi connectivity index (χ4n) is 2.35. The van der Waals surface area contributed by atoms with Gasteiger partial charge in [-0.25, -0.2) is 0 Å². The maximum atomic E-state index is 12.6. The number of amides is 1. The molecule has 0 aromatic rings.